The lowest BCUT2D eigenvalue weighted by Crippen LogP contribution is -2.10. The number of carbonyl (C=O) groups excluding carboxylic acids is 1. The molecule has 0 spiro atoms. The SMILES string of the molecule is CCOC(=O)C1C2CCCOC21. The van der Waals surface area contributed by atoms with Gasteiger partial charge >= 0.3 is 5.97 Å². The molecular formula is C9H14O3. The second-order valence-electron chi connectivity index (χ2n) is 3.42. The third-order valence-corrected chi connectivity index (χ3v) is 2.65. The lowest BCUT2D eigenvalue weighted by atomic mass is 10.2. The van der Waals surface area contributed by atoms with Crippen LogP contribution in [-0.4, -0.2) is 25.3 Å². The fraction of sp³-hybridized carbons (Fsp3) is 0.889. The highest BCUT2D eigenvalue weighted by Crippen LogP contribution is 2.48. The van der Waals surface area contributed by atoms with Gasteiger partial charge in [0, 0.05) is 12.5 Å². The van der Waals surface area contributed by atoms with Crippen molar-refractivity contribution in [1.29, 1.82) is 0 Å². The maximum Gasteiger partial charge on any atom is 0.311 e. The van der Waals surface area contributed by atoms with Gasteiger partial charge in [-0.3, -0.25) is 4.79 Å². The van der Waals surface area contributed by atoms with Crippen molar-refractivity contribution in [2.45, 2.75) is 25.9 Å². The van der Waals surface area contributed by atoms with Crippen LogP contribution in [0.3, 0.4) is 0 Å². The van der Waals surface area contributed by atoms with Crippen molar-refractivity contribution in [2.75, 3.05) is 13.2 Å². The Balaban J connectivity index is 1.87. The third kappa shape index (κ3) is 1.22. The van der Waals surface area contributed by atoms with Gasteiger partial charge in [-0.15, -0.1) is 0 Å². The highest BCUT2D eigenvalue weighted by atomic mass is 16.5. The van der Waals surface area contributed by atoms with Gasteiger partial charge in [-0.1, -0.05) is 0 Å². The van der Waals surface area contributed by atoms with Gasteiger partial charge in [0.05, 0.1) is 18.6 Å². The van der Waals surface area contributed by atoms with E-state index in [0.29, 0.717) is 12.5 Å². The molecule has 0 N–H and O–H groups in total. The molecule has 3 atom stereocenters. The van der Waals surface area contributed by atoms with Crippen LogP contribution >= 0.6 is 0 Å². The predicted octanol–water partition coefficient (Wildman–Crippen LogP) is 0.974. The van der Waals surface area contributed by atoms with Crippen molar-refractivity contribution in [3.05, 3.63) is 0 Å². The van der Waals surface area contributed by atoms with Crippen molar-refractivity contribution in [3.8, 4) is 0 Å². The molecule has 3 heteroatoms. The number of hydrogen-bond donors (Lipinski definition) is 0. The number of fused-ring (bicyclic) bond motifs is 1. The van der Waals surface area contributed by atoms with E-state index in [2.05, 4.69) is 0 Å². The van der Waals surface area contributed by atoms with Crippen LogP contribution < -0.4 is 0 Å². The zero-order valence-corrected chi connectivity index (χ0v) is 7.29. The van der Waals surface area contributed by atoms with Crippen LogP contribution in [0.1, 0.15) is 19.8 Å². The average Bonchev–Trinajstić information content (AvgIpc) is 2.78. The molecule has 0 radical (unpaired) electrons. The first-order valence-electron chi connectivity index (χ1n) is 4.63. The van der Waals surface area contributed by atoms with E-state index in [1.54, 1.807) is 0 Å². The third-order valence-electron chi connectivity index (χ3n) is 2.65. The minimum absolute atomic E-state index is 0.0607. The topological polar surface area (TPSA) is 35.5 Å². The Morgan fingerprint density at radius 1 is 1.67 bits per heavy atom. The summed E-state index contributed by atoms with van der Waals surface area (Å²) in [6.07, 6.45) is 2.42. The Kier molecular flexibility index (Phi) is 2.05. The standard InChI is InChI=1S/C9H14O3/c1-2-11-9(10)7-6-4-3-5-12-8(6)7/h6-8H,2-5H2,1H3. The summed E-state index contributed by atoms with van der Waals surface area (Å²) in [6, 6.07) is 0. The van der Waals surface area contributed by atoms with Crippen LogP contribution in [-0.2, 0) is 14.3 Å². The number of ether oxygens (including phenoxy) is 2. The lowest BCUT2D eigenvalue weighted by molar-refractivity contribution is -0.145. The monoisotopic (exact) mass is 170 g/mol. The van der Waals surface area contributed by atoms with Gasteiger partial charge in [0.25, 0.3) is 0 Å². The normalized spacial score (nSPS) is 38.6. The first-order chi connectivity index (χ1) is 5.84. The molecule has 1 saturated heterocycles. The predicted molar refractivity (Wildman–Crippen MR) is 42.6 cm³/mol. The van der Waals surface area contributed by atoms with Crippen LogP contribution in [0.4, 0.5) is 0 Å². The quantitative estimate of drug-likeness (QED) is 0.579. The molecule has 2 fully saturated rings. The van der Waals surface area contributed by atoms with Crippen molar-refractivity contribution in [1.82, 2.24) is 0 Å². The Morgan fingerprint density at radius 2 is 2.50 bits per heavy atom. The van der Waals surface area contributed by atoms with Gasteiger partial charge in [-0.05, 0) is 19.8 Å². The highest BCUT2D eigenvalue weighted by Gasteiger charge is 2.57. The van der Waals surface area contributed by atoms with E-state index in [1.165, 1.54) is 0 Å². The van der Waals surface area contributed by atoms with Crippen LogP contribution in [0.15, 0.2) is 0 Å². The van der Waals surface area contributed by atoms with E-state index in [9.17, 15) is 4.79 Å². The smallest absolute Gasteiger partial charge is 0.311 e. The fourth-order valence-electron chi connectivity index (χ4n) is 2.00. The molecule has 3 unspecified atom stereocenters. The molecule has 1 saturated carbocycles. The van der Waals surface area contributed by atoms with Gasteiger partial charge in [-0.25, -0.2) is 0 Å². The Labute approximate surface area is 72.0 Å². The fourth-order valence-corrected chi connectivity index (χ4v) is 2.00. The number of carbonyl (C=O) groups is 1. The van der Waals surface area contributed by atoms with E-state index in [-0.39, 0.29) is 18.0 Å². The molecule has 0 bridgehead atoms. The number of esters is 1. The average molecular weight is 170 g/mol. The summed E-state index contributed by atoms with van der Waals surface area (Å²) in [4.78, 5) is 11.3. The summed E-state index contributed by atoms with van der Waals surface area (Å²) in [5.74, 6) is 0.472. The summed E-state index contributed by atoms with van der Waals surface area (Å²) in [5.41, 5.74) is 0. The van der Waals surface area contributed by atoms with Gasteiger partial charge in [0.2, 0.25) is 0 Å². The lowest BCUT2D eigenvalue weighted by Gasteiger charge is -2.07. The van der Waals surface area contributed by atoms with E-state index in [1.807, 2.05) is 6.92 Å². The highest BCUT2D eigenvalue weighted by molar-refractivity contribution is 5.77. The molecule has 1 aliphatic heterocycles. The summed E-state index contributed by atoms with van der Waals surface area (Å²) in [5, 5.41) is 0. The van der Waals surface area contributed by atoms with E-state index in [4.69, 9.17) is 9.47 Å². The summed E-state index contributed by atoms with van der Waals surface area (Å²) >= 11 is 0. The summed E-state index contributed by atoms with van der Waals surface area (Å²) < 4.78 is 10.4. The Bertz CT molecular complexity index is 178. The largest absolute Gasteiger partial charge is 0.466 e. The molecule has 0 amide bonds. The molecule has 3 nitrogen and oxygen atoms in total. The summed E-state index contributed by atoms with van der Waals surface area (Å²) in [6.45, 7) is 3.14. The van der Waals surface area contributed by atoms with Crippen LogP contribution in [0, 0.1) is 11.8 Å². The molecule has 2 aliphatic rings. The summed E-state index contributed by atoms with van der Waals surface area (Å²) in [7, 11) is 0. The zero-order chi connectivity index (χ0) is 8.55. The van der Waals surface area contributed by atoms with Crippen molar-refractivity contribution in [2.24, 2.45) is 11.8 Å². The molecule has 1 aliphatic carbocycles. The second kappa shape index (κ2) is 3.05. The molecule has 0 aromatic rings. The molecular weight excluding hydrogens is 156 g/mol. The number of rotatable bonds is 2. The van der Waals surface area contributed by atoms with E-state index < -0.39 is 0 Å². The first kappa shape index (κ1) is 8.05. The molecule has 12 heavy (non-hydrogen) atoms. The van der Waals surface area contributed by atoms with Gasteiger partial charge in [-0.2, -0.15) is 0 Å². The van der Waals surface area contributed by atoms with Gasteiger partial charge in [0.1, 0.15) is 0 Å². The second-order valence-corrected chi connectivity index (χ2v) is 3.42. The van der Waals surface area contributed by atoms with Crippen molar-refractivity contribution < 1.29 is 14.3 Å². The minimum atomic E-state index is -0.0607. The van der Waals surface area contributed by atoms with Crippen LogP contribution in [0.25, 0.3) is 0 Å². The Morgan fingerprint density at radius 3 is 3.08 bits per heavy atom. The maximum atomic E-state index is 11.3. The van der Waals surface area contributed by atoms with E-state index in [0.717, 1.165) is 19.4 Å². The number of hydrogen-bond acceptors (Lipinski definition) is 3. The molecule has 68 valence electrons. The maximum absolute atomic E-state index is 11.3. The molecule has 0 aromatic heterocycles. The van der Waals surface area contributed by atoms with Gasteiger partial charge < -0.3 is 9.47 Å². The van der Waals surface area contributed by atoms with Crippen LogP contribution in [0.2, 0.25) is 0 Å². The minimum Gasteiger partial charge on any atom is -0.466 e. The van der Waals surface area contributed by atoms with Crippen molar-refractivity contribution in [3.63, 3.8) is 0 Å². The van der Waals surface area contributed by atoms with Crippen molar-refractivity contribution >= 4 is 5.97 Å². The molecule has 2 rings (SSSR count). The van der Waals surface area contributed by atoms with Crippen LogP contribution in [0.5, 0.6) is 0 Å². The molecule has 1 heterocycles. The zero-order valence-electron chi connectivity index (χ0n) is 7.29. The Hall–Kier alpha value is -0.570. The first-order valence-corrected chi connectivity index (χ1v) is 4.63. The van der Waals surface area contributed by atoms with E-state index >= 15 is 0 Å². The van der Waals surface area contributed by atoms with Gasteiger partial charge in [0.15, 0.2) is 0 Å². The molecule has 0 aromatic carbocycles.